The van der Waals surface area contributed by atoms with E-state index in [1.54, 1.807) is 0 Å². The van der Waals surface area contributed by atoms with Gasteiger partial charge in [0.05, 0.1) is 11.5 Å². The van der Waals surface area contributed by atoms with Crippen LogP contribution in [0.4, 0.5) is 0 Å². The second-order valence-corrected chi connectivity index (χ2v) is 6.22. The smallest absolute Gasteiger partial charge is 0.306 e. The lowest BCUT2D eigenvalue weighted by molar-refractivity contribution is -0.141. The predicted molar refractivity (Wildman–Crippen MR) is 57.3 cm³/mol. The fraction of sp³-hybridized carbons (Fsp3) is 0.900. The van der Waals surface area contributed by atoms with Gasteiger partial charge in [-0.15, -0.1) is 0 Å². The van der Waals surface area contributed by atoms with Crippen LogP contribution in [0.2, 0.25) is 0 Å². The molecule has 2 aliphatic heterocycles. The van der Waals surface area contributed by atoms with Crippen molar-refractivity contribution in [2.75, 3.05) is 11.5 Å². The van der Waals surface area contributed by atoms with Crippen LogP contribution in [0.3, 0.4) is 0 Å². The van der Waals surface area contributed by atoms with Gasteiger partial charge < -0.3 is 4.74 Å². The summed E-state index contributed by atoms with van der Waals surface area (Å²) in [5.74, 6) is 0.817. The Bertz CT molecular complexity index is 295. The summed E-state index contributed by atoms with van der Waals surface area (Å²) in [4.78, 5) is 10.4. The maximum Gasteiger partial charge on any atom is 0.306 e. The van der Waals surface area contributed by atoms with Crippen LogP contribution in [0.15, 0.2) is 0 Å². The Kier molecular flexibility index (Phi) is 4.57. The van der Waals surface area contributed by atoms with Crippen LogP contribution in [0.25, 0.3) is 0 Å². The molecule has 0 aromatic heterocycles. The van der Waals surface area contributed by atoms with Crippen LogP contribution in [-0.4, -0.2) is 32.0 Å². The average molecular weight is 234 g/mol. The molecule has 0 spiro atoms. The standard InChI is InChI=1S/C6H10O2.C4H8O2S/c1-2-5-3-4-6(7)8-5;5-7(6)3-1-2-4-7/h5H,2-4H2,1H3;1-4H2. The molecule has 2 saturated heterocycles. The number of esters is 1. The van der Waals surface area contributed by atoms with Crippen LogP contribution in [-0.2, 0) is 19.4 Å². The van der Waals surface area contributed by atoms with Crippen LogP contribution < -0.4 is 0 Å². The Balaban J connectivity index is 0.000000151. The van der Waals surface area contributed by atoms with Crippen molar-refractivity contribution in [2.45, 2.75) is 45.1 Å². The molecular weight excluding hydrogens is 216 g/mol. The van der Waals surface area contributed by atoms with E-state index < -0.39 is 9.84 Å². The van der Waals surface area contributed by atoms with E-state index in [2.05, 4.69) is 0 Å². The first-order valence-corrected chi connectivity index (χ1v) is 7.25. The van der Waals surface area contributed by atoms with Gasteiger partial charge in [0.1, 0.15) is 15.9 Å². The van der Waals surface area contributed by atoms with Crippen LogP contribution in [0.5, 0.6) is 0 Å². The molecule has 0 N–H and O–H groups in total. The number of cyclic esters (lactones) is 1. The van der Waals surface area contributed by atoms with Gasteiger partial charge >= 0.3 is 5.97 Å². The van der Waals surface area contributed by atoms with Gasteiger partial charge in [-0.25, -0.2) is 8.42 Å². The molecule has 15 heavy (non-hydrogen) atoms. The van der Waals surface area contributed by atoms with Gasteiger partial charge in [-0.3, -0.25) is 4.79 Å². The number of hydrogen-bond acceptors (Lipinski definition) is 4. The van der Waals surface area contributed by atoms with E-state index in [9.17, 15) is 13.2 Å². The normalized spacial score (nSPS) is 28.1. The van der Waals surface area contributed by atoms with Gasteiger partial charge in [-0.2, -0.15) is 0 Å². The van der Waals surface area contributed by atoms with Crippen molar-refractivity contribution in [1.29, 1.82) is 0 Å². The number of sulfone groups is 1. The third-order valence-electron chi connectivity index (χ3n) is 2.58. The minimum Gasteiger partial charge on any atom is -0.462 e. The van der Waals surface area contributed by atoms with Crippen LogP contribution in [0, 0.1) is 0 Å². The summed E-state index contributed by atoms with van der Waals surface area (Å²) in [6.07, 6.45) is 4.49. The van der Waals surface area contributed by atoms with Crippen LogP contribution in [0.1, 0.15) is 39.0 Å². The van der Waals surface area contributed by atoms with Gasteiger partial charge in [0.15, 0.2) is 0 Å². The number of ether oxygens (including phenoxy) is 1. The molecule has 1 atom stereocenters. The maximum absolute atomic E-state index is 10.4. The molecule has 1 unspecified atom stereocenters. The van der Waals surface area contributed by atoms with Crippen molar-refractivity contribution in [3.05, 3.63) is 0 Å². The first kappa shape index (κ1) is 12.5. The van der Waals surface area contributed by atoms with Gasteiger partial charge in [0.2, 0.25) is 0 Å². The van der Waals surface area contributed by atoms with Crippen molar-refractivity contribution in [2.24, 2.45) is 0 Å². The molecular formula is C10H18O4S. The van der Waals surface area contributed by atoms with Crippen molar-refractivity contribution in [1.82, 2.24) is 0 Å². The molecule has 0 amide bonds. The van der Waals surface area contributed by atoms with Crippen molar-refractivity contribution in [3.8, 4) is 0 Å². The Morgan fingerprint density at radius 2 is 1.93 bits per heavy atom. The molecule has 2 rings (SSSR count). The monoisotopic (exact) mass is 234 g/mol. The number of rotatable bonds is 1. The summed E-state index contributed by atoms with van der Waals surface area (Å²) >= 11 is 0. The molecule has 88 valence electrons. The summed E-state index contributed by atoms with van der Waals surface area (Å²) in [6.45, 7) is 2.03. The summed E-state index contributed by atoms with van der Waals surface area (Å²) < 4.78 is 25.7. The Hall–Kier alpha value is -0.580. The summed E-state index contributed by atoms with van der Waals surface area (Å²) in [5, 5.41) is 0. The molecule has 0 aromatic rings. The summed E-state index contributed by atoms with van der Waals surface area (Å²) in [7, 11) is -2.55. The maximum atomic E-state index is 10.4. The Labute approximate surface area is 90.9 Å². The molecule has 2 aliphatic rings. The second-order valence-electron chi connectivity index (χ2n) is 3.92. The molecule has 0 radical (unpaired) electrons. The topological polar surface area (TPSA) is 60.4 Å². The summed E-state index contributed by atoms with van der Waals surface area (Å²) in [5.41, 5.74) is 0. The van der Waals surface area contributed by atoms with Crippen molar-refractivity contribution < 1.29 is 17.9 Å². The summed E-state index contributed by atoms with van der Waals surface area (Å²) in [6, 6.07) is 0. The lowest BCUT2D eigenvalue weighted by Crippen LogP contribution is -2.03. The highest BCUT2D eigenvalue weighted by Crippen LogP contribution is 2.15. The van der Waals surface area contributed by atoms with E-state index in [4.69, 9.17) is 4.74 Å². The molecule has 2 fully saturated rings. The highest BCUT2D eigenvalue weighted by atomic mass is 32.2. The fourth-order valence-electron chi connectivity index (χ4n) is 1.62. The zero-order valence-electron chi connectivity index (χ0n) is 9.07. The third kappa shape index (κ3) is 4.64. The van der Waals surface area contributed by atoms with E-state index in [0.29, 0.717) is 17.9 Å². The first-order valence-electron chi connectivity index (χ1n) is 5.43. The van der Waals surface area contributed by atoms with Crippen molar-refractivity contribution >= 4 is 15.8 Å². The third-order valence-corrected chi connectivity index (χ3v) is 4.41. The van der Waals surface area contributed by atoms with Gasteiger partial charge in [-0.1, -0.05) is 6.92 Å². The highest BCUT2D eigenvalue weighted by Gasteiger charge is 2.20. The molecule has 0 bridgehead atoms. The lowest BCUT2D eigenvalue weighted by atomic mass is 10.2. The van der Waals surface area contributed by atoms with E-state index in [-0.39, 0.29) is 12.1 Å². The predicted octanol–water partition coefficient (Wildman–Crippen LogP) is 1.30. The zero-order chi connectivity index (χ0) is 11.3. The van der Waals surface area contributed by atoms with Gasteiger partial charge in [0, 0.05) is 6.42 Å². The van der Waals surface area contributed by atoms with E-state index in [1.807, 2.05) is 6.92 Å². The Morgan fingerprint density at radius 3 is 2.13 bits per heavy atom. The lowest BCUT2D eigenvalue weighted by Gasteiger charge is -2.01. The van der Waals surface area contributed by atoms with E-state index in [1.165, 1.54) is 0 Å². The minimum atomic E-state index is -2.55. The quantitative estimate of drug-likeness (QED) is 0.642. The Morgan fingerprint density at radius 1 is 1.33 bits per heavy atom. The largest absolute Gasteiger partial charge is 0.462 e. The molecule has 5 heteroatoms. The minimum absolute atomic E-state index is 0.0307. The highest BCUT2D eigenvalue weighted by molar-refractivity contribution is 7.91. The first-order chi connectivity index (χ1) is 7.03. The van der Waals surface area contributed by atoms with Gasteiger partial charge in [-0.05, 0) is 25.7 Å². The van der Waals surface area contributed by atoms with Gasteiger partial charge in [0.25, 0.3) is 0 Å². The molecule has 4 nitrogen and oxygen atoms in total. The number of hydrogen-bond donors (Lipinski definition) is 0. The molecule has 0 aliphatic carbocycles. The average Bonchev–Trinajstić information content (AvgIpc) is 2.75. The van der Waals surface area contributed by atoms with E-state index in [0.717, 1.165) is 25.7 Å². The van der Waals surface area contributed by atoms with Crippen LogP contribution >= 0.6 is 0 Å². The van der Waals surface area contributed by atoms with Crippen molar-refractivity contribution in [3.63, 3.8) is 0 Å². The van der Waals surface area contributed by atoms with E-state index >= 15 is 0 Å². The number of carbonyl (C=O) groups excluding carboxylic acids is 1. The number of carbonyl (C=O) groups is 1. The molecule has 0 saturated carbocycles. The fourth-order valence-corrected chi connectivity index (χ4v) is 3.11. The SMILES string of the molecule is CCC1CCC(=O)O1.O=S1(=O)CCCC1. The molecule has 0 aromatic carbocycles. The second kappa shape index (κ2) is 5.49. The molecule has 2 heterocycles. The zero-order valence-corrected chi connectivity index (χ0v) is 9.88.